The van der Waals surface area contributed by atoms with Crippen LogP contribution in [0.2, 0.25) is 0 Å². The van der Waals surface area contributed by atoms with Gasteiger partial charge in [0.15, 0.2) is 5.54 Å². The second-order valence-electron chi connectivity index (χ2n) is 4.78. The number of benzene rings is 1. The predicted molar refractivity (Wildman–Crippen MR) is 57.0 cm³/mol. The molecule has 1 radical (unpaired) electrons. The van der Waals surface area contributed by atoms with Crippen molar-refractivity contribution >= 4 is 5.97 Å². The molecule has 1 aliphatic heterocycles. The summed E-state index contributed by atoms with van der Waals surface area (Å²) in [5, 5.41) is 22.1. The molecule has 85 valence electrons. The first kappa shape index (κ1) is 11.1. The van der Waals surface area contributed by atoms with Crippen LogP contribution in [-0.4, -0.2) is 16.1 Å². The Kier molecular flexibility index (Phi) is 2.12. The molecule has 0 bridgehead atoms. The van der Waals surface area contributed by atoms with E-state index in [9.17, 15) is 15.1 Å². The lowest BCUT2D eigenvalue weighted by molar-refractivity contribution is -0.269. The Morgan fingerprint density at radius 3 is 2.19 bits per heavy atom. The summed E-state index contributed by atoms with van der Waals surface area (Å²) in [5.74, 6) is -1.11. The Hall–Kier alpha value is -1.39. The van der Waals surface area contributed by atoms with Crippen LogP contribution < -0.4 is 0 Å². The number of hydroxylamine groups is 2. The van der Waals surface area contributed by atoms with E-state index in [0.29, 0.717) is 10.6 Å². The highest BCUT2D eigenvalue weighted by Gasteiger charge is 2.57. The Labute approximate surface area is 94.1 Å². The van der Waals surface area contributed by atoms with E-state index in [4.69, 9.17) is 0 Å². The van der Waals surface area contributed by atoms with E-state index >= 15 is 0 Å². The predicted octanol–water partition coefficient (Wildman–Crippen LogP) is 1.88. The summed E-state index contributed by atoms with van der Waals surface area (Å²) >= 11 is 0. The number of rotatable bonds is 1. The molecular weight excluding hydrogens is 206 g/mol. The van der Waals surface area contributed by atoms with Crippen molar-refractivity contribution in [3.05, 3.63) is 35.4 Å². The van der Waals surface area contributed by atoms with Gasteiger partial charge in [0.1, 0.15) is 0 Å². The maximum absolute atomic E-state index is 12.2. The molecule has 4 heteroatoms. The van der Waals surface area contributed by atoms with Gasteiger partial charge in [0.2, 0.25) is 0 Å². The van der Waals surface area contributed by atoms with Crippen LogP contribution in [0.1, 0.15) is 31.9 Å². The highest BCUT2D eigenvalue weighted by Crippen LogP contribution is 2.48. The second-order valence-corrected chi connectivity index (χ2v) is 4.78. The molecule has 2 rings (SSSR count). The molecule has 1 heterocycles. The number of carboxylic acid groups (broad SMARTS) is 1. The average Bonchev–Trinajstić information content (AvgIpc) is 2.40. The van der Waals surface area contributed by atoms with E-state index in [0.717, 1.165) is 5.56 Å². The first-order chi connectivity index (χ1) is 7.33. The average molecular weight is 220 g/mol. The highest BCUT2D eigenvalue weighted by molar-refractivity contribution is 5.82. The number of hydrogen-bond acceptors (Lipinski definition) is 2. The van der Waals surface area contributed by atoms with Crippen LogP contribution >= 0.6 is 0 Å². The third-order valence-electron chi connectivity index (χ3n) is 3.44. The van der Waals surface area contributed by atoms with Gasteiger partial charge in [-0.2, -0.15) is 0 Å². The minimum absolute atomic E-state index is 0.586. The third kappa shape index (κ3) is 1.08. The number of carboxylic acids is 1. The van der Waals surface area contributed by atoms with Gasteiger partial charge < -0.3 is 5.11 Å². The fraction of sp³-hybridized carbons (Fsp3) is 0.417. The van der Waals surface area contributed by atoms with Gasteiger partial charge in [-0.05, 0) is 31.9 Å². The van der Waals surface area contributed by atoms with Crippen LogP contribution in [0.3, 0.4) is 0 Å². The minimum Gasteiger partial charge on any atom is -0.480 e. The van der Waals surface area contributed by atoms with Crippen LogP contribution in [0.15, 0.2) is 24.3 Å². The van der Waals surface area contributed by atoms with Gasteiger partial charge in [-0.1, -0.05) is 24.3 Å². The smallest absolute Gasteiger partial charge is 0.330 e. The molecule has 0 fully saturated rings. The molecular formula is C12H14NO3. The maximum atomic E-state index is 12.2. The van der Waals surface area contributed by atoms with Crippen molar-refractivity contribution in [1.29, 1.82) is 0 Å². The fourth-order valence-corrected chi connectivity index (χ4v) is 2.42. The highest BCUT2D eigenvalue weighted by atomic mass is 16.5. The van der Waals surface area contributed by atoms with Gasteiger partial charge in [0.05, 0.1) is 5.54 Å². The Morgan fingerprint density at radius 1 is 1.19 bits per heavy atom. The normalized spacial score (nSPS) is 27.8. The molecule has 0 aliphatic carbocycles. The third-order valence-corrected chi connectivity index (χ3v) is 3.44. The van der Waals surface area contributed by atoms with Gasteiger partial charge >= 0.3 is 5.97 Å². The summed E-state index contributed by atoms with van der Waals surface area (Å²) in [7, 11) is 0. The van der Waals surface area contributed by atoms with Crippen molar-refractivity contribution in [2.75, 3.05) is 0 Å². The topological polar surface area (TPSA) is 60.4 Å². The molecule has 1 aromatic carbocycles. The first-order valence-electron chi connectivity index (χ1n) is 5.13. The van der Waals surface area contributed by atoms with Crippen molar-refractivity contribution < 1.29 is 15.1 Å². The van der Waals surface area contributed by atoms with Crippen LogP contribution in [0.4, 0.5) is 0 Å². The zero-order chi connectivity index (χ0) is 12.1. The summed E-state index contributed by atoms with van der Waals surface area (Å²) in [6, 6.07) is 7.11. The van der Waals surface area contributed by atoms with Crippen molar-refractivity contribution in [1.82, 2.24) is 5.06 Å². The van der Waals surface area contributed by atoms with Crippen LogP contribution in [0.5, 0.6) is 0 Å². The molecule has 1 atom stereocenters. The standard InChI is InChI=1S/C12H14NO3/c1-11(2)8-6-4-5-7-9(8)12(3,10(14)15)13(11)16/h4-7H,1-3H3,(H,14,15). The molecule has 1 aliphatic rings. The monoisotopic (exact) mass is 220 g/mol. The van der Waals surface area contributed by atoms with Crippen LogP contribution in [0, 0.1) is 0 Å². The van der Waals surface area contributed by atoms with Gasteiger partial charge in [0.25, 0.3) is 0 Å². The molecule has 1 unspecified atom stereocenters. The van der Waals surface area contributed by atoms with Crippen molar-refractivity contribution in [2.24, 2.45) is 0 Å². The number of nitrogens with zero attached hydrogens (tertiary/aromatic N) is 1. The molecule has 4 nitrogen and oxygen atoms in total. The fourth-order valence-electron chi connectivity index (χ4n) is 2.42. The van der Waals surface area contributed by atoms with Gasteiger partial charge in [-0.15, -0.1) is 10.3 Å². The zero-order valence-electron chi connectivity index (χ0n) is 9.52. The summed E-state index contributed by atoms with van der Waals surface area (Å²) < 4.78 is 0. The second kappa shape index (κ2) is 3.06. The largest absolute Gasteiger partial charge is 0.480 e. The molecule has 0 aromatic heterocycles. The molecule has 1 N–H and O–H groups in total. The summed E-state index contributed by atoms with van der Waals surface area (Å²) in [6.07, 6.45) is 0. The summed E-state index contributed by atoms with van der Waals surface area (Å²) in [6.45, 7) is 4.94. The Balaban J connectivity index is 2.74. The van der Waals surface area contributed by atoms with Gasteiger partial charge in [-0.3, -0.25) is 0 Å². The zero-order valence-corrected chi connectivity index (χ0v) is 9.52. The summed E-state index contributed by atoms with van der Waals surface area (Å²) in [5.41, 5.74) is -0.915. The lowest BCUT2D eigenvalue weighted by Crippen LogP contribution is -2.48. The molecule has 16 heavy (non-hydrogen) atoms. The van der Waals surface area contributed by atoms with E-state index in [-0.39, 0.29) is 0 Å². The molecule has 1 aromatic rings. The minimum atomic E-state index is -1.49. The Bertz CT molecular complexity index is 455. The number of fused-ring (bicyclic) bond motifs is 1. The number of carbonyl (C=O) groups is 1. The van der Waals surface area contributed by atoms with Crippen molar-refractivity contribution in [2.45, 2.75) is 31.8 Å². The first-order valence-corrected chi connectivity index (χ1v) is 5.13. The van der Waals surface area contributed by atoms with Crippen molar-refractivity contribution in [3.63, 3.8) is 0 Å². The molecule has 0 saturated heterocycles. The lowest BCUT2D eigenvalue weighted by Gasteiger charge is -2.31. The lowest BCUT2D eigenvalue weighted by atomic mass is 9.90. The van der Waals surface area contributed by atoms with Gasteiger partial charge in [-0.25, -0.2) is 4.79 Å². The van der Waals surface area contributed by atoms with E-state index in [1.165, 1.54) is 6.92 Å². The molecule has 0 spiro atoms. The molecule has 0 saturated carbocycles. The molecule has 0 amide bonds. The van der Waals surface area contributed by atoms with E-state index in [2.05, 4.69) is 0 Å². The summed E-state index contributed by atoms with van der Waals surface area (Å²) in [4.78, 5) is 11.3. The van der Waals surface area contributed by atoms with E-state index in [1.54, 1.807) is 26.0 Å². The number of aliphatic carboxylic acids is 1. The van der Waals surface area contributed by atoms with Crippen LogP contribution in [-0.2, 0) is 21.1 Å². The quantitative estimate of drug-likeness (QED) is 0.786. The van der Waals surface area contributed by atoms with E-state index in [1.807, 2.05) is 12.1 Å². The SMILES string of the molecule is CC1(C)c2ccccc2C(C)(C(=O)O)N1[O]. The van der Waals surface area contributed by atoms with Gasteiger partial charge in [0, 0.05) is 0 Å². The van der Waals surface area contributed by atoms with Crippen molar-refractivity contribution in [3.8, 4) is 0 Å². The Morgan fingerprint density at radius 2 is 1.69 bits per heavy atom. The number of hydrogen-bond donors (Lipinski definition) is 1. The van der Waals surface area contributed by atoms with Crippen LogP contribution in [0.25, 0.3) is 0 Å². The maximum Gasteiger partial charge on any atom is 0.330 e. The van der Waals surface area contributed by atoms with E-state index < -0.39 is 17.0 Å².